The Morgan fingerprint density at radius 3 is 2.83 bits per heavy atom. The summed E-state index contributed by atoms with van der Waals surface area (Å²) >= 11 is 0. The van der Waals surface area contributed by atoms with E-state index in [1.807, 2.05) is 0 Å². The third-order valence-corrected chi connectivity index (χ3v) is 2.31. The van der Waals surface area contributed by atoms with Gasteiger partial charge in [-0.05, 0) is 24.6 Å². The zero-order valence-electron chi connectivity index (χ0n) is 9.55. The number of ether oxygens (including phenoxy) is 1. The van der Waals surface area contributed by atoms with E-state index in [-0.39, 0.29) is 11.6 Å². The summed E-state index contributed by atoms with van der Waals surface area (Å²) in [4.78, 5) is 14.5. The van der Waals surface area contributed by atoms with Gasteiger partial charge in [-0.2, -0.15) is 0 Å². The van der Waals surface area contributed by atoms with Gasteiger partial charge in [0.15, 0.2) is 5.69 Å². The van der Waals surface area contributed by atoms with Gasteiger partial charge in [-0.25, -0.2) is 14.2 Å². The van der Waals surface area contributed by atoms with Crippen molar-refractivity contribution >= 4 is 5.97 Å². The van der Waals surface area contributed by atoms with E-state index in [9.17, 15) is 9.18 Å². The molecule has 4 nitrogen and oxygen atoms in total. The van der Waals surface area contributed by atoms with Crippen LogP contribution in [0.15, 0.2) is 36.4 Å². The quantitative estimate of drug-likeness (QED) is 0.905. The molecule has 1 aromatic heterocycles. The summed E-state index contributed by atoms with van der Waals surface area (Å²) in [5.41, 5.74) is 0.612. The number of halogens is 1. The van der Waals surface area contributed by atoms with E-state index in [0.29, 0.717) is 5.75 Å². The van der Waals surface area contributed by atoms with Crippen molar-refractivity contribution in [2.45, 2.75) is 6.92 Å². The lowest BCUT2D eigenvalue weighted by molar-refractivity contribution is 0.0689. The van der Waals surface area contributed by atoms with E-state index in [0.717, 1.165) is 5.56 Å². The number of aromatic carboxylic acids is 1. The Balaban J connectivity index is 2.31. The Morgan fingerprint density at radius 1 is 1.33 bits per heavy atom. The number of rotatable bonds is 3. The number of carboxylic acid groups (broad SMARTS) is 1. The minimum atomic E-state index is -1.14. The van der Waals surface area contributed by atoms with Gasteiger partial charge in [-0.3, -0.25) is 0 Å². The molecule has 92 valence electrons. The Kier molecular flexibility index (Phi) is 3.23. The largest absolute Gasteiger partial charge is 0.477 e. The standard InChI is InChI=1S/C13H10FNO3/c1-8-5-6-9(14)7-11(8)18-12-4-2-3-10(15-12)13(16)17/h2-7H,1H3,(H,16,17). The molecule has 0 radical (unpaired) electrons. The lowest BCUT2D eigenvalue weighted by Gasteiger charge is -2.08. The molecule has 0 saturated carbocycles. The highest BCUT2D eigenvalue weighted by Crippen LogP contribution is 2.24. The normalized spacial score (nSPS) is 10.1. The Hall–Kier alpha value is -2.43. The molecule has 0 amide bonds. The zero-order valence-corrected chi connectivity index (χ0v) is 9.55. The Bertz CT molecular complexity index is 599. The van der Waals surface area contributed by atoms with E-state index in [4.69, 9.17) is 9.84 Å². The first-order valence-electron chi connectivity index (χ1n) is 5.20. The van der Waals surface area contributed by atoms with Crippen LogP contribution in [-0.4, -0.2) is 16.1 Å². The Labute approximate surface area is 103 Å². The first-order chi connectivity index (χ1) is 8.56. The molecule has 0 saturated heterocycles. The molecule has 1 heterocycles. The molecular formula is C13H10FNO3. The van der Waals surface area contributed by atoms with Crippen LogP contribution in [0, 0.1) is 12.7 Å². The summed E-state index contributed by atoms with van der Waals surface area (Å²) in [7, 11) is 0. The van der Waals surface area contributed by atoms with E-state index in [1.165, 1.54) is 30.3 Å². The Morgan fingerprint density at radius 2 is 2.11 bits per heavy atom. The number of aryl methyl sites for hydroxylation is 1. The molecule has 0 atom stereocenters. The average Bonchev–Trinajstić information content (AvgIpc) is 2.34. The van der Waals surface area contributed by atoms with Crippen LogP contribution in [0.1, 0.15) is 16.1 Å². The van der Waals surface area contributed by atoms with Crippen molar-refractivity contribution in [1.29, 1.82) is 0 Å². The second kappa shape index (κ2) is 4.83. The summed E-state index contributed by atoms with van der Waals surface area (Å²) in [5.74, 6) is -1.14. The molecule has 0 spiro atoms. The number of aromatic nitrogens is 1. The van der Waals surface area contributed by atoms with Gasteiger partial charge in [-0.1, -0.05) is 12.1 Å². The minimum absolute atomic E-state index is 0.114. The van der Waals surface area contributed by atoms with Crippen molar-refractivity contribution < 1.29 is 19.0 Å². The maximum Gasteiger partial charge on any atom is 0.354 e. The van der Waals surface area contributed by atoms with E-state index in [1.54, 1.807) is 13.0 Å². The molecule has 0 bridgehead atoms. The fraction of sp³-hybridized carbons (Fsp3) is 0.0769. The van der Waals surface area contributed by atoms with Gasteiger partial charge in [0.2, 0.25) is 5.88 Å². The zero-order chi connectivity index (χ0) is 13.1. The highest BCUT2D eigenvalue weighted by atomic mass is 19.1. The van der Waals surface area contributed by atoms with Crippen molar-refractivity contribution in [2.75, 3.05) is 0 Å². The topological polar surface area (TPSA) is 59.4 Å². The van der Waals surface area contributed by atoms with Gasteiger partial charge >= 0.3 is 5.97 Å². The predicted octanol–water partition coefficient (Wildman–Crippen LogP) is 3.02. The molecule has 5 heteroatoms. The molecule has 1 aromatic carbocycles. The number of benzene rings is 1. The first kappa shape index (κ1) is 12.0. The van der Waals surface area contributed by atoms with Crippen LogP contribution in [-0.2, 0) is 0 Å². The first-order valence-corrected chi connectivity index (χ1v) is 5.20. The molecule has 0 fully saturated rings. The predicted molar refractivity (Wildman–Crippen MR) is 62.4 cm³/mol. The van der Waals surface area contributed by atoms with Gasteiger partial charge < -0.3 is 9.84 Å². The third kappa shape index (κ3) is 2.63. The highest BCUT2D eigenvalue weighted by Gasteiger charge is 2.08. The SMILES string of the molecule is Cc1ccc(F)cc1Oc1cccc(C(=O)O)n1. The molecule has 0 aliphatic heterocycles. The van der Waals surface area contributed by atoms with Crippen LogP contribution in [0.25, 0.3) is 0 Å². The molecule has 0 aliphatic rings. The molecule has 1 N–H and O–H groups in total. The number of nitrogens with zero attached hydrogens (tertiary/aromatic N) is 1. The highest BCUT2D eigenvalue weighted by molar-refractivity contribution is 5.85. The van der Waals surface area contributed by atoms with Crippen molar-refractivity contribution in [1.82, 2.24) is 4.98 Å². The monoisotopic (exact) mass is 247 g/mol. The summed E-state index contributed by atoms with van der Waals surface area (Å²) in [6.07, 6.45) is 0. The summed E-state index contributed by atoms with van der Waals surface area (Å²) < 4.78 is 18.4. The van der Waals surface area contributed by atoms with E-state index in [2.05, 4.69) is 4.98 Å². The fourth-order valence-electron chi connectivity index (χ4n) is 1.39. The second-order valence-electron chi connectivity index (χ2n) is 3.68. The van der Waals surface area contributed by atoms with Crippen molar-refractivity contribution in [3.63, 3.8) is 0 Å². The van der Waals surface area contributed by atoms with Gasteiger partial charge in [0.1, 0.15) is 11.6 Å². The van der Waals surface area contributed by atoms with Gasteiger partial charge in [0.05, 0.1) is 0 Å². The molecule has 2 rings (SSSR count). The van der Waals surface area contributed by atoms with Crippen molar-refractivity contribution in [3.05, 3.63) is 53.5 Å². The van der Waals surface area contributed by atoms with Gasteiger partial charge in [0, 0.05) is 12.1 Å². The van der Waals surface area contributed by atoms with Gasteiger partial charge in [0.25, 0.3) is 0 Å². The van der Waals surface area contributed by atoms with Crippen molar-refractivity contribution in [3.8, 4) is 11.6 Å². The molecular weight excluding hydrogens is 237 g/mol. The molecule has 2 aromatic rings. The number of carbonyl (C=O) groups is 1. The molecule has 0 aliphatic carbocycles. The number of carboxylic acids is 1. The van der Waals surface area contributed by atoms with Crippen molar-refractivity contribution in [2.24, 2.45) is 0 Å². The molecule has 0 unspecified atom stereocenters. The van der Waals surface area contributed by atoms with Crippen LogP contribution in [0.5, 0.6) is 11.6 Å². The smallest absolute Gasteiger partial charge is 0.354 e. The maximum atomic E-state index is 13.1. The summed E-state index contributed by atoms with van der Waals surface area (Å²) in [5, 5.41) is 8.80. The summed E-state index contributed by atoms with van der Waals surface area (Å²) in [6.45, 7) is 1.76. The van der Waals surface area contributed by atoms with Crippen LogP contribution >= 0.6 is 0 Å². The van der Waals surface area contributed by atoms with E-state index >= 15 is 0 Å². The number of hydrogen-bond donors (Lipinski definition) is 1. The maximum absolute atomic E-state index is 13.1. The minimum Gasteiger partial charge on any atom is -0.477 e. The van der Waals surface area contributed by atoms with Crippen LogP contribution in [0.3, 0.4) is 0 Å². The number of pyridine rings is 1. The average molecular weight is 247 g/mol. The third-order valence-electron chi connectivity index (χ3n) is 2.31. The van der Waals surface area contributed by atoms with Crippen LogP contribution in [0.4, 0.5) is 4.39 Å². The second-order valence-corrected chi connectivity index (χ2v) is 3.68. The van der Waals surface area contributed by atoms with Crippen LogP contribution in [0.2, 0.25) is 0 Å². The van der Waals surface area contributed by atoms with E-state index < -0.39 is 11.8 Å². The number of hydrogen-bond acceptors (Lipinski definition) is 3. The summed E-state index contributed by atoms with van der Waals surface area (Å²) in [6, 6.07) is 8.50. The van der Waals surface area contributed by atoms with Gasteiger partial charge in [-0.15, -0.1) is 0 Å². The lowest BCUT2D eigenvalue weighted by Crippen LogP contribution is -2.01. The lowest BCUT2D eigenvalue weighted by atomic mass is 10.2. The fourth-order valence-corrected chi connectivity index (χ4v) is 1.39. The van der Waals surface area contributed by atoms with Crippen LogP contribution < -0.4 is 4.74 Å². The molecule has 18 heavy (non-hydrogen) atoms.